The van der Waals surface area contributed by atoms with Crippen molar-refractivity contribution in [3.05, 3.63) is 0 Å². The van der Waals surface area contributed by atoms with Gasteiger partial charge in [0.2, 0.25) is 0 Å². The van der Waals surface area contributed by atoms with Gasteiger partial charge in [-0.3, -0.25) is 4.90 Å². The number of rotatable bonds is 11. The zero-order valence-electron chi connectivity index (χ0n) is 13.4. The van der Waals surface area contributed by atoms with E-state index in [1.165, 1.54) is 90.4 Å². The number of unbranched alkanes of at least 4 members (excludes halogenated alkanes) is 9. The Morgan fingerprint density at radius 1 is 0.895 bits per heavy atom. The normalized spacial score (nSPS) is 20.8. The van der Waals surface area contributed by atoms with Crippen LogP contribution >= 0.6 is 0 Å². The second-order valence-corrected chi connectivity index (χ2v) is 6.27. The Balaban J connectivity index is 1.80. The van der Waals surface area contributed by atoms with Gasteiger partial charge in [-0.05, 0) is 19.9 Å². The molecule has 1 rings (SSSR count). The first-order valence-corrected chi connectivity index (χ1v) is 8.79. The molecule has 1 aliphatic rings. The fourth-order valence-corrected chi connectivity index (χ4v) is 3.02. The van der Waals surface area contributed by atoms with Gasteiger partial charge in [-0.2, -0.15) is 0 Å². The molecule has 2 heteroatoms. The highest BCUT2D eigenvalue weighted by atomic mass is 15.2. The quantitative estimate of drug-likeness (QED) is 0.565. The van der Waals surface area contributed by atoms with Gasteiger partial charge in [0, 0.05) is 25.7 Å². The minimum Gasteiger partial charge on any atom is -0.314 e. The highest BCUT2D eigenvalue weighted by molar-refractivity contribution is 4.75. The molecule has 0 aromatic heterocycles. The molecule has 2 nitrogen and oxygen atoms in total. The Morgan fingerprint density at radius 3 is 2.05 bits per heavy atom. The Bertz CT molecular complexity index is 194. The van der Waals surface area contributed by atoms with Gasteiger partial charge in [0.05, 0.1) is 0 Å². The fourth-order valence-electron chi connectivity index (χ4n) is 3.02. The molecule has 0 aliphatic carbocycles. The lowest BCUT2D eigenvalue weighted by molar-refractivity contribution is 0.170. The summed E-state index contributed by atoms with van der Waals surface area (Å²) in [4.78, 5) is 2.65. The molecule has 1 aliphatic heterocycles. The van der Waals surface area contributed by atoms with Gasteiger partial charge in [-0.1, -0.05) is 64.7 Å². The molecule has 0 aromatic rings. The van der Waals surface area contributed by atoms with E-state index in [-0.39, 0.29) is 0 Å². The Morgan fingerprint density at radius 2 is 1.47 bits per heavy atom. The lowest BCUT2D eigenvalue weighted by Crippen LogP contribution is -2.49. The van der Waals surface area contributed by atoms with Crippen LogP contribution in [-0.4, -0.2) is 37.1 Å². The van der Waals surface area contributed by atoms with E-state index in [9.17, 15) is 0 Å². The van der Waals surface area contributed by atoms with Crippen LogP contribution in [-0.2, 0) is 0 Å². The van der Waals surface area contributed by atoms with E-state index in [1.54, 1.807) is 0 Å². The summed E-state index contributed by atoms with van der Waals surface area (Å²) in [6.45, 7) is 9.57. The predicted molar refractivity (Wildman–Crippen MR) is 85.7 cm³/mol. The average Bonchev–Trinajstić information content (AvgIpc) is 2.43. The number of nitrogens with one attached hydrogen (secondary N) is 1. The third-order valence-corrected chi connectivity index (χ3v) is 4.44. The number of piperazine rings is 1. The molecule has 1 atom stereocenters. The molecular formula is C17H36N2. The topological polar surface area (TPSA) is 15.3 Å². The van der Waals surface area contributed by atoms with Crippen molar-refractivity contribution in [1.29, 1.82) is 0 Å². The molecule has 1 unspecified atom stereocenters. The van der Waals surface area contributed by atoms with Crippen molar-refractivity contribution < 1.29 is 0 Å². The summed E-state index contributed by atoms with van der Waals surface area (Å²) in [5.74, 6) is 0. The molecular weight excluding hydrogens is 232 g/mol. The largest absolute Gasteiger partial charge is 0.314 e. The van der Waals surface area contributed by atoms with Gasteiger partial charge in [-0.15, -0.1) is 0 Å². The van der Waals surface area contributed by atoms with E-state index < -0.39 is 0 Å². The van der Waals surface area contributed by atoms with E-state index in [1.807, 2.05) is 0 Å². The maximum absolute atomic E-state index is 3.46. The summed E-state index contributed by atoms with van der Waals surface area (Å²) >= 11 is 0. The second-order valence-electron chi connectivity index (χ2n) is 6.27. The van der Waals surface area contributed by atoms with Gasteiger partial charge in [0.15, 0.2) is 0 Å². The molecule has 0 bridgehead atoms. The van der Waals surface area contributed by atoms with Crippen LogP contribution in [0.2, 0.25) is 0 Å². The predicted octanol–water partition coefficient (Wildman–Crippen LogP) is 4.20. The van der Waals surface area contributed by atoms with Gasteiger partial charge < -0.3 is 5.32 Å². The van der Waals surface area contributed by atoms with Gasteiger partial charge in [-0.25, -0.2) is 0 Å². The third kappa shape index (κ3) is 8.65. The van der Waals surface area contributed by atoms with Crippen LogP contribution in [0, 0.1) is 0 Å². The van der Waals surface area contributed by atoms with E-state index in [0.29, 0.717) is 0 Å². The molecule has 0 saturated carbocycles. The van der Waals surface area contributed by atoms with Crippen LogP contribution < -0.4 is 5.32 Å². The van der Waals surface area contributed by atoms with Crippen LogP contribution in [0.5, 0.6) is 0 Å². The van der Waals surface area contributed by atoms with E-state index in [2.05, 4.69) is 24.1 Å². The number of nitrogens with zero attached hydrogens (tertiary/aromatic N) is 1. The zero-order chi connectivity index (χ0) is 13.8. The lowest BCUT2D eigenvalue weighted by Gasteiger charge is -2.33. The maximum atomic E-state index is 3.46. The standard InChI is InChI=1S/C17H36N2/c1-3-4-5-6-7-8-9-10-11-12-14-19-15-13-18-16-17(19)2/h17-18H,3-16H2,1-2H3. The smallest absolute Gasteiger partial charge is 0.0192 e. The molecule has 1 heterocycles. The van der Waals surface area contributed by atoms with Crippen LogP contribution in [0.3, 0.4) is 0 Å². The first-order chi connectivity index (χ1) is 9.34. The molecule has 19 heavy (non-hydrogen) atoms. The summed E-state index contributed by atoms with van der Waals surface area (Å²) in [5, 5.41) is 3.46. The van der Waals surface area contributed by atoms with E-state index in [0.717, 1.165) is 6.04 Å². The summed E-state index contributed by atoms with van der Waals surface area (Å²) < 4.78 is 0. The average molecular weight is 268 g/mol. The molecule has 0 aromatic carbocycles. The van der Waals surface area contributed by atoms with Crippen molar-refractivity contribution in [2.45, 2.75) is 84.1 Å². The van der Waals surface area contributed by atoms with E-state index in [4.69, 9.17) is 0 Å². The Hall–Kier alpha value is -0.0800. The van der Waals surface area contributed by atoms with Crippen molar-refractivity contribution in [2.24, 2.45) is 0 Å². The molecule has 1 N–H and O–H groups in total. The van der Waals surface area contributed by atoms with Crippen LogP contribution in [0.15, 0.2) is 0 Å². The minimum absolute atomic E-state index is 0.743. The maximum Gasteiger partial charge on any atom is 0.0192 e. The van der Waals surface area contributed by atoms with Crippen molar-refractivity contribution in [3.63, 3.8) is 0 Å². The van der Waals surface area contributed by atoms with Crippen molar-refractivity contribution in [2.75, 3.05) is 26.2 Å². The summed E-state index contributed by atoms with van der Waals surface area (Å²) in [6, 6.07) is 0.743. The highest BCUT2D eigenvalue weighted by Gasteiger charge is 2.16. The molecule has 1 saturated heterocycles. The molecule has 114 valence electrons. The summed E-state index contributed by atoms with van der Waals surface area (Å²) in [7, 11) is 0. The minimum atomic E-state index is 0.743. The molecule has 0 amide bonds. The summed E-state index contributed by atoms with van der Waals surface area (Å²) in [5.41, 5.74) is 0. The molecule has 1 fully saturated rings. The first kappa shape index (κ1) is 17.0. The molecule has 0 spiro atoms. The number of hydrogen-bond acceptors (Lipinski definition) is 2. The first-order valence-electron chi connectivity index (χ1n) is 8.79. The number of hydrogen-bond donors (Lipinski definition) is 1. The van der Waals surface area contributed by atoms with Gasteiger partial charge in [0.25, 0.3) is 0 Å². The SMILES string of the molecule is CCCCCCCCCCCCN1CCNCC1C. The van der Waals surface area contributed by atoms with E-state index >= 15 is 0 Å². The Kier molecular flexibility index (Phi) is 10.5. The van der Waals surface area contributed by atoms with Crippen molar-refractivity contribution in [1.82, 2.24) is 10.2 Å². The highest BCUT2D eigenvalue weighted by Crippen LogP contribution is 2.11. The van der Waals surface area contributed by atoms with Crippen LogP contribution in [0.4, 0.5) is 0 Å². The second kappa shape index (κ2) is 11.7. The van der Waals surface area contributed by atoms with Gasteiger partial charge in [0.1, 0.15) is 0 Å². The molecule has 0 radical (unpaired) electrons. The Labute approximate surface area is 121 Å². The fraction of sp³-hybridized carbons (Fsp3) is 1.00. The van der Waals surface area contributed by atoms with Crippen LogP contribution in [0.1, 0.15) is 78.1 Å². The summed E-state index contributed by atoms with van der Waals surface area (Å²) in [6.07, 6.45) is 14.4. The monoisotopic (exact) mass is 268 g/mol. The van der Waals surface area contributed by atoms with Crippen molar-refractivity contribution in [3.8, 4) is 0 Å². The lowest BCUT2D eigenvalue weighted by atomic mass is 10.1. The van der Waals surface area contributed by atoms with Crippen molar-refractivity contribution >= 4 is 0 Å². The zero-order valence-corrected chi connectivity index (χ0v) is 13.4. The van der Waals surface area contributed by atoms with Gasteiger partial charge >= 0.3 is 0 Å². The third-order valence-electron chi connectivity index (χ3n) is 4.44. The van der Waals surface area contributed by atoms with Crippen LogP contribution in [0.25, 0.3) is 0 Å².